The maximum absolute atomic E-state index is 13.0. The lowest BCUT2D eigenvalue weighted by molar-refractivity contribution is -0.0247. The topological polar surface area (TPSA) is 94.2 Å². The van der Waals surface area contributed by atoms with Gasteiger partial charge in [-0.2, -0.15) is 0 Å². The van der Waals surface area contributed by atoms with E-state index in [-0.39, 0.29) is 12.0 Å². The fourth-order valence-electron chi connectivity index (χ4n) is 3.73. The quantitative estimate of drug-likeness (QED) is 0.655. The number of amides is 1. The van der Waals surface area contributed by atoms with E-state index < -0.39 is 0 Å². The lowest BCUT2D eigenvalue weighted by Gasteiger charge is -2.33. The zero-order valence-electron chi connectivity index (χ0n) is 17.7. The Labute approximate surface area is 175 Å². The van der Waals surface area contributed by atoms with E-state index in [0.717, 1.165) is 34.8 Å². The van der Waals surface area contributed by atoms with Crippen LogP contribution in [-0.2, 0) is 11.2 Å². The highest BCUT2D eigenvalue weighted by molar-refractivity contribution is 5.95. The predicted molar refractivity (Wildman–Crippen MR) is 110 cm³/mol. The summed E-state index contributed by atoms with van der Waals surface area (Å²) in [4.78, 5) is 28.1. The highest BCUT2D eigenvalue weighted by Crippen LogP contribution is 2.29. The van der Waals surface area contributed by atoms with E-state index in [4.69, 9.17) is 14.2 Å². The molecule has 0 spiro atoms. The standard InChI is InChI=1S/C22H25N5O3/c1-5-19-21(14(3)26-30-19)18-8-6-7-17(25-18)20-12-27(9-10-29-20)22(28)16-11-23-15(4)24-13(16)2/h6-8,11,20H,5,9-10,12H2,1-4H3/t20-/m0/s1. The van der Waals surface area contributed by atoms with Crippen molar-refractivity contribution in [2.75, 3.05) is 19.7 Å². The van der Waals surface area contributed by atoms with Crippen molar-refractivity contribution in [3.8, 4) is 11.3 Å². The maximum Gasteiger partial charge on any atom is 0.257 e. The monoisotopic (exact) mass is 407 g/mol. The summed E-state index contributed by atoms with van der Waals surface area (Å²) in [5.41, 5.74) is 4.53. The smallest absolute Gasteiger partial charge is 0.257 e. The maximum atomic E-state index is 13.0. The molecule has 0 unspecified atom stereocenters. The Bertz CT molecular complexity index is 1080. The van der Waals surface area contributed by atoms with Crippen LogP contribution < -0.4 is 0 Å². The molecule has 30 heavy (non-hydrogen) atoms. The lowest BCUT2D eigenvalue weighted by Crippen LogP contribution is -2.42. The molecular weight excluding hydrogens is 382 g/mol. The van der Waals surface area contributed by atoms with Crippen molar-refractivity contribution in [1.29, 1.82) is 0 Å². The first-order valence-electron chi connectivity index (χ1n) is 10.1. The molecule has 1 aliphatic rings. The molecule has 1 aliphatic heterocycles. The number of hydrogen-bond donors (Lipinski definition) is 0. The molecule has 1 saturated heterocycles. The molecule has 8 heteroatoms. The van der Waals surface area contributed by atoms with Crippen LogP contribution in [0.1, 0.15) is 52.1 Å². The Balaban J connectivity index is 1.58. The fourth-order valence-corrected chi connectivity index (χ4v) is 3.73. The van der Waals surface area contributed by atoms with Crippen LogP contribution in [-0.4, -0.2) is 50.6 Å². The molecule has 0 N–H and O–H groups in total. The number of carbonyl (C=O) groups excluding carboxylic acids is 1. The van der Waals surface area contributed by atoms with Crippen LogP contribution in [0.5, 0.6) is 0 Å². The Morgan fingerprint density at radius 1 is 1.20 bits per heavy atom. The third-order valence-electron chi connectivity index (χ3n) is 5.30. The van der Waals surface area contributed by atoms with E-state index in [0.29, 0.717) is 36.8 Å². The molecule has 4 heterocycles. The Hall–Kier alpha value is -3.13. The van der Waals surface area contributed by atoms with E-state index in [1.807, 2.05) is 45.9 Å². The highest BCUT2D eigenvalue weighted by Gasteiger charge is 2.28. The molecule has 0 aliphatic carbocycles. The first kappa shape index (κ1) is 20.2. The minimum absolute atomic E-state index is 0.0832. The molecule has 4 rings (SSSR count). The van der Waals surface area contributed by atoms with Crippen molar-refractivity contribution < 1.29 is 14.1 Å². The van der Waals surface area contributed by atoms with E-state index in [1.54, 1.807) is 11.1 Å². The summed E-state index contributed by atoms with van der Waals surface area (Å²) in [6, 6.07) is 5.82. The van der Waals surface area contributed by atoms with Crippen LogP contribution >= 0.6 is 0 Å². The van der Waals surface area contributed by atoms with Gasteiger partial charge in [-0.15, -0.1) is 0 Å². The molecule has 3 aromatic heterocycles. The van der Waals surface area contributed by atoms with Crippen molar-refractivity contribution in [2.45, 2.75) is 40.2 Å². The van der Waals surface area contributed by atoms with Crippen LogP contribution in [0, 0.1) is 20.8 Å². The van der Waals surface area contributed by atoms with Gasteiger partial charge in [0.25, 0.3) is 5.91 Å². The number of ether oxygens (including phenoxy) is 1. The molecule has 0 bridgehead atoms. The number of pyridine rings is 1. The van der Waals surface area contributed by atoms with Gasteiger partial charge in [0.05, 0.1) is 47.1 Å². The second kappa shape index (κ2) is 8.31. The summed E-state index contributed by atoms with van der Waals surface area (Å²) >= 11 is 0. The average molecular weight is 407 g/mol. The average Bonchev–Trinajstić information content (AvgIpc) is 3.14. The van der Waals surface area contributed by atoms with Crippen molar-refractivity contribution in [2.24, 2.45) is 0 Å². The Morgan fingerprint density at radius 2 is 2.03 bits per heavy atom. The largest absolute Gasteiger partial charge is 0.368 e. The second-order valence-corrected chi connectivity index (χ2v) is 7.39. The van der Waals surface area contributed by atoms with E-state index in [9.17, 15) is 4.79 Å². The summed E-state index contributed by atoms with van der Waals surface area (Å²) in [7, 11) is 0. The number of aryl methyl sites for hydroxylation is 4. The van der Waals surface area contributed by atoms with Gasteiger partial charge in [0.2, 0.25) is 0 Å². The third-order valence-corrected chi connectivity index (χ3v) is 5.30. The van der Waals surface area contributed by atoms with Crippen LogP contribution in [0.3, 0.4) is 0 Å². The predicted octanol–water partition coefficient (Wildman–Crippen LogP) is 3.23. The molecule has 156 valence electrons. The summed E-state index contributed by atoms with van der Waals surface area (Å²) in [5, 5.41) is 4.08. The van der Waals surface area contributed by atoms with E-state index in [1.165, 1.54) is 0 Å². The molecule has 3 aromatic rings. The minimum Gasteiger partial charge on any atom is -0.368 e. The fraction of sp³-hybridized carbons (Fsp3) is 0.409. The van der Waals surface area contributed by atoms with Gasteiger partial charge in [-0.3, -0.25) is 4.79 Å². The molecule has 0 aromatic carbocycles. The van der Waals surface area contributed by atoms with Crippen molar-refractivity contribution in [1.82, 2.24) is 25.0 Å². The molecule has 1 fully saturated rings. The van der Waals surface area contributed by atoms with Crippen LogP contribution in [0.15, 0.2) is 28.9 Å². The van der Waals surface area contributed by atoms with Gasteiger partial charge in [-0.25, -0.2) is 15.0 Å². The van der Waals surface area contributed by atoms with Gasteiger partial charge in [0.15, 0.2) is 0 Å². The van der Waals surface area contributed by atoms with Crippen LogP contribution in [0.4, 0.5) is 0 Å². The number of nitrogens with zero attached hydrogens (tertiary/aromatic N) is 5. The number of carbonyl (C=O) groups is 1. The Morgan fingerprint density at radius 3 is 2.80 bits per heavy atom. The summed E-state index contributed by atoms with van der Waals surface area (Å²) in [5.74, 6) is 1.38. The number of morpholine rings is 1. The molecule has 1 amide bonds. The third kappa shape index (κ3) is 3.82. The minimum atomic E-state index is -0.306. The van der Waals surface area contributed by atoms with Gasteiger partial charge in [-0.1, -0.05) is 18.1 Å². The first-order chi connectivity index (χ1) is 14.5. The van der Waals surface area contributed by atoms with Crippen molar-refractivity contribution >= 4 is 5.91 Å². The summed E-state index contributed by atoms with van der Waals surface area (Å²) < 4.78 is 11.4. The number of aromatic nitrogens is 4. The lowest BCUT2D eigenvalue weighted by atomic mass is 10.1. The molecule has 0 saturated carbocycles. The SMILES string of the molecule is CCc1onc(C)c1-c1cccc([C@@H]2CN(C(=O)c3cnc(C)nc3C)CCO2)n1. The van der Waals surface area contributed by atoms with E-state index in [2.05, 4.69) is 15.1 Å². The van der Waals surface area contributed by atoms with Crippen LogP contribution in [0.25, 0.3) is 11.3 Å². The second-order valence-electron chi connectivity index (χ2n) is 7.39. The summed E-state index contributed by atoms with van der Waals surface area (Å²) in [6.45, 7) is 8.97. The van der Waals surface area contributed by atoms with Gasteiger partial charge in [0.1, 0.15) is 17.7 Å². The van der Waals surface area contributed by atoms with E-state index >= 15 is 0 Å². The van der Waals surface area contributed by atoms with Crippen molar-refractivity contribution in [3.63, 3.8) is 0 Å². The van der Waals surface area contributed by atoms with Gasteiger partial charge >= 0.3 is 0 Å². The normalized spacial score (nSPS) is 16.7. The first-order valence-corrected chi connectivity index (χ1v) is 10.1. The molecular formula is C22H25N5O3. The van der Waals surface area contributed by atoms with Crippen molar-refractivity contribution in [3.05, 3.63) is 58.6 Å². The Kier molecular flexibility index (Phi) is 5.59. The van der Waals surface area contributed by atoms with Crippen LogP contribution in [0.2, 0.25) is 0 Å². The zero-order chi connectivity index (χ0) is 21.3. The van der Waals surface area contributed by atoms with Gasteiger partial charge in [0, 0.05) is 19.2 Å². The summed E-state index contributed by atoms with van der Waals surface area (Å²) in [6.07, 6.45) is 2.03. The van der Waals surface area contributed by atoms with Gasteiger partial charge in [-0.05, 0) is 32.9 Å². The highest BCUT2D eigenvalue weighted by atomic mass is 16.5. The number of hydrogen-bond acceptors (Lipinski definition) is 7. The van der Waals surface area contributed by atoms with Gasteiger partial charge < -0.3 is 14.2 Å². The zero-order valence-corrected chi connectivity index (χ0v) is 17.7. The number of rotatable bonds is 4. The molecule has 1 atom stereocenters. The molecule has 8 nitrogen and oxygen atoms in total. The molecule has 0 radical (unpaired) electrons.